The molecule has 10 heteroatoms. The van der Waals surface area contributed by atoms with Crippen LogP contribution >= 0.6 is 11.6 Å². The third kappa shape index (κ3) is 6.75. The normalized spacial score (nSPS) is 17.9. The van der Waals surface area contributed by atoms with Gasteiger partial charge in [0.05, 0.1) is 41.5 Å². The number of aromatic nitrogens is 2. The summed E-state index contributed by atoms with van der Waals surface area (Å²) in [4.78, 5) is 23.2. The maximum absolute atomic E-state index is 13.6. The van der Waals surface area contributed by atoms with Gasteiger partial charge in [-0.05, 0) is 74.7 Å². The van der Waals surface area contributed by atoms with Crippen LogP contribution in [0, 0.1) is 6.92 Å². The van der Waals surface area contributed by atoms with E-state index >= 15 is 0 Å². The van der Waals surface area contributed by atoms with Gasteiger partial charge in [0.15, 0.2) is 8.32 Å². The van der Waals surface area contributed by atoms with Crippen LogP contribution in [0.25, 0.3) is 10.9 Å². The standard InChI is InChI=1S/C33H48ClN5O3Si/c1-22-19-26(30-27(20-22)31(40)37(6)32(36-30)39-15-17-41-18-16-39)23(2)35-28-10-9-24(34)21-29(28)38-13-11-25(12-14-38)42-43(7,8)33(3,4)5/h9-10,19-21,23,25,35H,11-18H2,1-8H3/t23-/m1/s1. The zero-order valence-electron chi connectivity index (χ0n) is 27.1. The van der Waals surface area contributed by atoms with E-state index in [0.29, 0.717) is 48.8 Å². The van der Waals surface area contributed by atoms with Gasteiger partial charge < -0.3 is 24.3 Å². The van der Waals surface area contributed by atoms with Crippen LogP contribution in [-0.2, 0) is 16.2 Å². The van der Waals surface area contributed by atoms with Crippen LogP contribution in [0.4, 0.5) is 17.3 Å². The van der Waals surface area contributed by atoms with Gasteiger partial charge in [-0.1, -0.05) is 38.4 Å². The molecule has 0 amide bonds. The third-order valence-electron chi connectivity index (χ3n) is 9.47. The van der Waals surface area contributed by atoms with Gasteiger partial charge in [0.1, 0.15) is 0 Å². The number of ether oxygens (including phenoxy) is 1. The molecule has 0 bridgehead atoms. The number of morpholine rings is 1. The van der Waals surface area contributed by atoms with Gasteiger partial charge >= 0.3 is 0 Å². The molecule has 234 valence electrons. The second kappa shape index (κ2) is 12.4. The Bertz CT molecular complexity index is 1520. The minimum atomic E-state index is -1.81. The number of hydrogen-bond acceptors (Lipinski definition) is 7. The summed E-state index contributed by atoms with van der Waals surface area (Å²) in [6.45, 7) is 20.3. The van der Waals surface area contributed by atoms with E-state index in [9.17, 15) is 4.79 Å². The molecular weight excluding hydrogens is 578 g/mol. The quantitative estimate of drug-likeness (QED) is 0.287. The van der Waals surface area contributed by atoms with Gasteiger partial charge in [0.2, 0.25) is 5.95 Å². The van der Waals surface area contributed by atoms with Crippen molar-refractivity contribution in [1.82, 2.24) is 9.55 Å². The first-order valence-electron chi connectivity index (χ1n) is 15.6. The molecule has 8 nitrogen and oxygen atoms in total. The lowest BCUT2D eigenvalue weighted by molar-refractivity contribution is 0.121. The lowest BCUT2D eigenvalue weighted by atomic mass is 10.0. The Morgan fingerprint density at radius 3 is 2.40 bits per heavy atom. The van der Waals surface area contributed by atoms with Crippen molar-refractivity contribution in [3.05, 3.63) is 56.8 Å². The molecule has 2 saturated heterocycles. The number of rotatable bonds is 7. The Kier molecular flexibility index (Phi) is 9.19. The molecule has 0 aliphatic carbocycles. The topological polar surface area (TPSA) is 71.9 Å². The smallest absolute Gasteiger partial charge is 0.262 e. The molecule has 2 aliphatic rings. The van der Waals surface area contributed by atoms with E-state index in [4.69, 9.17) is 25.7 Å². The van der Waals surface area contributed by atoms with Crippen LogP contribution in [0.3, 0.4) is 0 Å². The van der Waals surface area contributed by atoms with Crippen molar-refractivity contribution in [3.63, 3.8) is 0 Å². The maximum atomic E-state index is 13.6. The minimum Gasteiger partial charge on any atom is -0.414 e. The number of anilines is 3. The number of fused-ring (bicyclic) bond motifs is 1. The Labute approximate surface area is 262 Å². The fraction of sp³-hybridized carbons (Fsp3) is 0.576. The molecule has 1 aromatic heterocycles. The predicted molar refractivity (Wildman–Crippen MR) is 182 cm³/mol. The molecule has 5 rings (SSSR count). The first kappa shape index (κ1) is 31.8. The lowest BCUT2D eigenvalue weighted by Gasteiger charge is -2.42. The van der Waals surface area contributed by atoms with E-state index in [1.165, 1.54) is 0 Å². The summed E-state index contributed by atoms with van der Waals surface area (Å²) in [6.07, 6.45) is 2.28. The summed E-state index contributed by atoms with van der Waals surface area (Å²) >= 11 is 6.54. The van der Waals surface area contributed by atoms with Gasteiger partial charge in [-0.25, -0.2) is 4.98 Å². The lowest BCUT2D eigenvalue weighted by Crippen LogP contribution is -2.47. The first-order valence-corrected chi connectivity index (χ1v) is 18.9. The molecule has 2 aromatic carbocycles. The summed E-state index contributed by atoms with van der Waals surface area (Å²) in [5, 5.41) is 5.33. The van der Waals surface area contributed by atoms with Crippen molar-refractivity contribution in [1.29, 1.82) is 0 Å². The monoisotopic (exact) mass is 625 g/mol. The Morgan fingerprint density at radius 2 is 1.74 bits per heavy atom. The molecule has 2 fully saturated rings. The van der Waals surface area contributed by atoms with Crippen LogP contribution in [-0.4, -0.2) is 63.4 Å². The zero-order valence-corrected chi connectivity index (χ0v) is 28.8. The second-order valence-electron chi connectivity index (χ2n) is 13.7. The van der Waals surface area contributed by atoms with Gasteiger partial charge in [0, 0.05) is 49.9 Å². The molecule has 0 unspecified atom stereocenters. The number of piperidine rings is 1. The molecule has 0 spiro atoms. The molecule has 0 radical (unpaired) electrons. The number of hydrogen-bond donors (Lipinski definition) is 1. The van der Waals surface area contributed by atoms with Crippen LogP contribution < -0.4 is 20.7 Å². The average Bonchev–Trinajstić information content (AvgIpc) is 2.96. The van der Waals surface area contributed by atoms with Crippen LogP contribution in [0.1, 0.15) is 57.7 Å². The van der Waals surface area contributed by atoms with Crippen molar-refractivity contribution < 1.29 is 9.16 Å². The average molecular weight is 626 g/mol. The second-order valence-corrected chi connectivity index (χ2v) is 18.9. The van der Waals surface area contributed by atoms with E-state index in [0.717, 1.165) is 53.9 Å². The highest BCUT2D eigenvalue weighted by Crippen LogP contribution is 2.40. The van der Waals surface area contributed by atoms with E-state index in [2.05, 4.69) is 74.1 Å². The summed E-state index contributed by atoms with van der Waals surface area (Å²) in [5.41, 5.74) is 4.87. The zero-order chi connectivity index (χ0) is 31.1. The molecule has 1 atom stereocenters. The predicted octanol–water partition coefficient (Wildman–Crippen LogP) is 6.90. The number of benzene rings is 2. The van der Waals surface area contributed by atoms with Gasteiger partial charge in [-0.15, -0.1) is 0 Å². The van der Waals surface area contributed by atoms with Crippen molar-refractivity contribution in [2.24, 2.45) is 7.05 Å². The van der Waals surface area contributed by atoms with Crippen molar-refractivity contribution in [2.75, 3.05) is 54.5 Å². The molecule has 1 N–H and O–H groups in total. The Morgan fingerprint density at radius 1 is 1.07 bits per heavy atom. The minimum absolute atomic E-state index is 0.0291. The fourth-order valence-electron chi connectivity index (χ4n) is 5.92. The van der Waals surface area contributed by atoms with Crippen LogP contribution in [0.5, 0.6) is 0 Å². The first-order chi connectivity index (χ1) is 20.2. The molecule has 2 aliphatic heterocycles. The molecule has 3 heterocycles. The van der Waals surface area contributed by atoms with E-state index in [1.54, 1.807) is 4.57 Å². The number of nitrogens with one attached hydrogen (secondary N) is 1. The molecule has 43 heavy (non-hydrogen) atoms. The van der Waals surface area contributed by atoms with Crippen molar-refractivity contribution in [3.8, 4) is 0 Å². The maximum Gasteiger partial charge on any atom is 0.262 e. The van der Waals surface area contributed by atoms with Gasteiger partial charge in [0.25, 0.3) is 5.56 Å². The number of halogens is 1. The highest BCUT2D eigenvalue weighted by Gasteiger charge is 2.39. The third-order valence-corrected chi connectivity index (χ3v) is 14.2. The number of nitrogens with zero attached hydrogens (tertiary/aromatic N) is 4. The molecule has 3 aromatic rings. The Hall–Kier alpha value is -2.59. The van der Waals surface area contributed by atoms with Gasteiger partial charge in [-0.2, -0.15) is 0 Å². The fourth-order valence-corrected chi connectivity index (χ4v) is 7.51. The van der Waals surface area contributed by atoms with Crippen LogP contribution in [0.2, 0.25) is 23.2 Å². The van der Waals surface area contributed by atoms with Crippen molar-refractivity contribution in [2.45, 2.75) is 77.7 Å². The molecular formula is C33H48ClN5O3Si. The van der Waals surface area contributed by atoms with Crippen molar-refractivity contribution >= 4 is 48.1 Å². The Balaban J connectivity index is 1.41. The highest BCUT2D eigenvalue weighted by molar-refractivity contribution is 6.74. The summed E-state index contributed by atoms with van der Waals surface area (Å²) in [5.74, 6) is 0.688. The van der Waals surface area contributed by atoms with Crippen LogP contribution in [0.15, 0.2) is 35.1 Å². The summed E-state index contributed by atoms with van der Waals surface area (Å²) in [7, 11) is -0.00465. The SMILES string of the molecule is Cc1cc([C@@H](C)Nc2ccc(Cl)cc2N2CCC(O[Si](C)(C)C(C)(C)C)CC2)c2nc(N3CCOCC3)n(C)c(=O)c2c1. The summed E-state index contributed by atoms with van der Waals surface area (Å²) in [6, 6.07) is 10.1. The van der Waals surface area contributed by atoms with Gasteiger partial charge in [-0.3, -0.25) is 9.36 Å². The number of aryl methyl sites for hydroxylation is 1. The van der Waals surface area contributed by atoms with E-state index < -0.39 is 8.32 Å². The highest BCUT2D eigenvalue weighted by atomic mass is 35.5. The molecule has 0 saturated carbocycles. The van der Waals surface area contributed by atoms with E-state index in [-0.39, 0.29) is 16.6 Å². The summed E-state index contributed by atoms with van der Waals surface area (Å²) < 4.78 is 14.0. The van der Waals surface area contributed by atoms with E-state index in [1.807, 2.05) is 26.1 Å². The largest absolute Gasteiger partial charge is 0.414 e.